The van der Waals surface area contributed by atoms with Crippen molar-refractivity contribution in [1.82, 2.24) is 24.5 Å². The minimum absolute atomic E-state index is 0.365. The molecular weight excluding hydrogens is 448 g/mol. The fraction of sp³-hybridized carbons (Fsp3) is 0.346. The lowest BCUT2D eigenvalue weighted by Gasteiger charge is -2.30. The van der Waals surface area contributed by atoms with Gasteiger partial charge in [-0.2, -0.15) is 5.10 Å². The van der Waals surface area contributed by atoms with Crippen LogP contribution in [0.5, 0.6) is 5.75 Å². The highest BCUT2D eigenvalue weighted by Crippen LogP contribution is 2.31. The second-order valence-corrected chi connectivity index (χ2v) is 9.44. The summed E-state index contributed by atoms with van der Waals surface area (Å²) >= 11 is 6.53. The van der Waals surface area contributed by atoms with Gasteiger partial charge in [0.2, 0.25) is 0 Å². The molecule has 176 valence electrons. The lowest BCUT2D eigenvalue weighted by atomic mass is 9.99. The highest BCUT2D eigenvalue weighted by molar-refractivity contribution is 6.32. The van der Waals surface area contributed by atoms with Gasteiger partial charge in [-0.1, -0.05) is 24.6 Å². The summed E-state index contributed by atoms with van der Waals surface area (Å²) in [6, 6.07) is 13.7. The quantitative estimate of drug-likeness (QED) is 0.372. The van der Waals surface area contributed by atoms with Gasteiger partial charge in [0.05, 0.1) is 10.7 Å². The Morgan fingerprint density at radius 2 is 2.00 bits per heavy atom. The summed E-state index contributed by atoms with van der Waals surface area (Å²) in [5.41, 5.74) is 4.87. The molecule has 1 saturated heterocycles. The Bertz CT molecular complexity index is 1280. The van der Waals surface area contributed by atoms with E-state index in [1.165, 1.54) is 18.4 Å². The van der Waals surface area contributed by atoms with Crippen LogP contribution in [0.3, 0.4) is 0 Å². The molecule has 0 radical (unpaired) electrons. The highest BCUT2D eigenvalue weighted by atomic mass is 35.5. The van der Waals surface area contributed by atoms with Gasteiger partial charge in [-0.05, 0) is 80.7 Å². The molecule has 0 atom stereocenters. The summed E-state index contributed by atoms with van der Waals surface area (Å²) in [5, 5.41) is 8.35. The molecule has 0 aliphatic carbocycles. The van der Waals surface area contributed by atoms with Crippen LogP contribution in [-0.4, -0.2) is 37.6 Å². The molecule has 3 aromatic heterocycles. The van der Waals surface area contributed by atoms with Gasteiger partial charge in [-0.25, -0.2) is 9.50 Å². The number of ether oxygens (including phenoxy) is 1. The van der Waals surface area contributed by atoms with E-state index in [0.717, 1.165) is 54.0 Å². The van der Waals surface area contributed by atoms with Crippen molar-refractivity contribution < 1.29 is 4.74 Å². The first-order chi connectivity index (χ1) is 16.5. The van der Waals surface area contributed by atoms with Crippen LogP contribution in [0, 0.1) is 12.8 Å². The summed E-state index contributed by atoms with van der Waals surface area (Å²) < 4.78 is 7.77. The largest absolute Gasteiger partial charge is 0.486 e. The van der Waals surface area contributed by atoms with Crippen molar-refractivity contribution in [3.63, 3.8) is 0 Å². The van der Waals surface area contributed by atoms with Gasteiger partial charge in [0.1, 0.15) is 24.2 Å². The molecule has 1 aliphatic rings. The van der Waals surface area contributed by atoms with Gasteiger partial charge in [0, 0.05) is 24.1 Å². The number of likely N-dealkylation sites (tertiary alicyclic amines) is 1. The van der Waals surface area contributed by atoms with Crippen LogP contribution in [-0.2, 0) is 13.2 Å². The van der Waals surface area contributed by atoms with Gasteiger partial charge in [0.15, 0.2) is 5.82 Å². The molecule has 8 heteroatoms. The minimum Gasteiger partial charge on any atom is -0.486 e. The zero-order valence-electron chi connectivity index (χ0n) is 19.5. The number of hydrogen-bond donors (Lipinski definition) is 1. The van der Waals surface area contributed by atoms with Crippen LogP contribution < -0.4 is 10.1 Å². The predicted octanol–water partition coefficient (Wildman–Crippen LogP) is 5.64. The molecule has 0 spiro atoms. The molecule has 7 nitrogen and oxygen atoms in total. The lowest BCUT2D eigenvalue weighted by Crippen LogP contribution is -2.32. The number of aryl methyl sites for hydroxylation is 1. The normalized spacial score (nSPS) is 15.0. The molecule has 4 aromatic rings. The second kappa shape index (κ2) is 9.99. The van der Waals surface area contributed by atoms with Crippen molar-refractivity contribution >= 4 is 28.6 Å². The number of piperidine rings is 1. The van der Waals surface area contributed by atoms with Crippen molar-refractivity contribution in [2.45, 2.75) is 39.8 Å². The summed E-state index contributed by atoms with van der Waals surface area (Å²) in [4.78, 5) is 11.5. The maximum atomic E-state index is 6.53. The van der Waals surface area contributed by atoms with E-state index in [0.29, 0.717) is 17.4 Å². The molecule has 1 aliphatic heterocycles. The first kappa shape index (κ1) is 22.6. The Kier molecular flexibility index (Phi) is 6.65. The van der Waals surface area contributed by atoms with E-state index in [-0.39, 0.29) is 0 Å². The van der Waals surface area contributed by atoms with Crippen molar-refractivity contribution in [3.8, 4) is 5.75 Å². The number of anilines is 2. The molecular formula is C26H29ClN6O. The number of benzene rings is 1. The second-order valence-electron chi connectivity index (χ2n) is 9.03. The topological polar surface area (TPSA) is 67.6 Å². The monoisotopic (exact) mass is 476 g/mol. The summed E-state index contributed by atoms with van der Waals surface area (Å²) in [6.45, 7) is 7.82. The van der Waals surface area contributed by atoms with E-state index in [4.69, 9.17) is 16.3 Å². The zero-order chi connectivity index (χ0) is 23.5. The standard InChI is InChI=1S/C26H29ClN6O/c1-18-8-11-32(12-9-18)15-20-10-13-33-25(20)26(28-17-29-33)31-21-6-7-24(23(27)14-21)34-16-22-5-3-4-19(2)30-22/h3-7,10,13-14,17-18H,8-9,11-12,15-16H2,1-2H3,(H,28,29,31). The Hall–Kier alpha value is -3.16. The first-order valence-electron chi connectivity index (χ1n) is 11.7. The molecule has 5 rings (SSSR count). The van der Waals surface area contributed by atoms with E-state index in [9.17, 15) is 0 Å². The SMILES string of the molecule is Cc1cccc(COc2ccc(Nc3ncnn4ccc(CN5CCC(C)CC5)c34)cc2Cl)n1. The Morgan fingerprint density at radius 1 is 1.15 bits per heavy atom. The third-order valence-electron chi connectivity index (χ3n) is 6.32. The molecule has 1 N–H and O–H groups in total. The molecule has 34 heavy (non-hydrogen) atoms. The van der Waals surface area contributed by atoms with E-state index in [1.807, 2.05) is 54.0 Å². The average Bonchev–Trinajstić information content (AvgIpc) is 3.24. The Labute approximate surface area is 204 Å². The molecule has 0 unspecified atom stereocenters. The summed E-state index contributed by atoms with van der Waals surface area (Å²) in [7, 11) is 0. The van der Waals surface area contributed by atoms with E-state index >= 15 is 0 Å². The number of nitrogens with zero attached hydrogens (tertiary/aromatic N) is 5. The number of aromatic nitrogens is 4. The van der Waals surface area contributed by atoms with Crippen molar-refractivity contribution in [1.29, 1.82) is 0 Å². The zero-order valence-corrected chi connectivity index (χ0v) is 20.3. The molecule has 1 fully saturated rings. The molecule has 1 aromatic carbocycles. The number of nitrogens with one attached hydrogen (secondary N) is 1. The summed E-state index contributed by atoms with van der Waals surface area (Å²) in [5.74, 6) is 2.19. The molecule has 4 heterocycles. The van der Waals surface area contributed by atoms with E-state index in [2.05, 4.69) is 38.3 Å². The predicted molar refractivity (Wildman–Crippen MR) is 135 cm³/mol. The first-order valence-corrected chi connectivity index (χ1v) is 12.1. The summed E-state index contributed by atoms with van der Waals surface area (Å²) in [6.07, 6.45) is 6.06. The molecule has 0 bridgehead atoms. The number of hydrogen-bond acceptors (Lipinski definition) is 6. The van der Waals surface area contributed by atoms with Crippen LogP contribution in [0.1, 0.15) is 36.7 Å². The molecule has 0 amide bonds. The van der Waals surface area contributed by atoms with Crippen molar-refractivity contribution in [3.05, 3.63) is 77.0 Å². The minimum atomic E-state index is 0.365. The smallest absolute Gasteiger partial charge is 0.158 e. The fourth-order valence-electron chi connectivity index (χ4n) is 4.36. The van der Waals surface area contributed by atoms with Gasteiger partial charge in [0.25, 0.3) is 0 Å². The third kappa shape index (κ3) is 5.16. The highest BCUT2D eigenvalue weighted by Gasteiger charge is 2.19. The van der Waals surface area contributed by atoms with Gasteiger partial charge < -0.3 is 10.1 Å². The van der Waals surface area contributed by atoms with Crippen LogP contribution in [0.4, 0.5) is 11.5 Å². The maximum Gasteiger partial charge on any atom is 0.158 e. The maximum absolute atomic E-state index is 6.53. The van der Waals surface area contributed by atoms with Gasteiger partial charge in [-0.15, -0.1) is 0 Å². The Morgan fingerprint density at radius 3 is 2.79 bits per heavy atom. The number of pyridine rings is 1. The van der Waals surface area contributed by atoms with Crippen LogP contribution in [0.2, 0.25) is 5.02 Å². The number of halogens is 1. The van der Waals surface area contributed by atoms with Crippen LogP contribution >= 0.6 is 11.6 Å². The van der Waals surface area contributed by atoms with E-state index in [1.54, 1.807) is 6.33 Å². The number of rotatable bonds is 7. The Balaban J connectivity index is 1.31. The van der Waals surface area contributed by atoms with Gasteiger partial charge in [-0.3, -0.25) is 9.88 Å². The molecule has 0 saturated carbocycles. The lowest BCUT2D eigenvalue weighted by molar-refractivity contribution is 0.186. The average molecular weight is 477 g/mol. The van der Waals surface area contributed by atoms with Gasteiger partial charge >= 0.3 is 0 Å². The van der Waals surface area contributed by atoms with Crippen LogP contribution in [0.25, 0.3) is 5.52 Å². The fourth-order valence-corrected chi connectivity index (χ4v) is 4.60. The van der Waals surface area contributed by atoms with E-state index < -0.39 is 0 Å². The van der Waals surface area contributed by atoms with Crippen LogP contribution in [0.15, 0.2) is 55.0 Å². The number of fused-ring (bicyclic) bond motifs is 1. The third-order valence-corrected chi connectivity index (χ3v) is 6.62. The van der Waals surface area contributed by atoms with Crippen molar-refractivity contribution in [2.75, 3.05) is 18.4 Å². The van der Waals surface area contributed by atoms with Crippen molar-refractivity contribution in [2.24, 2.45) is 5.92 Å².